The van der Waals surface area contributed by atoms with Crippen molar-refractivity contribution in [3.63, 3.8) is 0 Å². The van der Waals surface area contributed by atoms with Crippen molar-refractivity contribution in [3.8, 4) is 55.9 Å². The molecule has 0 aromatic heterocycles. The van der Waals surface area contributed by atoms with Crippen molar-refractivity contribution in [3.05, 3.63) is 95.1 Å². The van der Waals surface area contributed by atoms with E-state index in [0.29, 0.717) is 97.9 Å². The van der Waals surface area contributed by atoms with Crippen LogP contribution in [-0.4, -0.2) is 154 Å². The Labute approximate surface area is 468 Å². The van der Waals surface area contributed by atoms with E-state index in [-0.39, 0.29) is 81.9 Å². The van der Waals surface area contributed by atoms with Crippen molar-refractivity contribution < 1.29 is 107 Å². The molecule has 0 saturated heterocycles. The summed E-state index contributed by atoms with van der Waals surface area (Å²) in [5.41, 5.74) is 1.91. The molecule has 0 atom stereocenters. The summed E-state index contributed by atoms with van der Waals surface area (Å²) >= 11 is 4.22. The fourth-order valence-corrected chi connectivity index (χ4v) is 4.50. The van der Waals surface area contributed by atoms with E-state index in [1.165, 1.54) is 24.9 Å². The zero-order valence-corrected chi connectivity index (χ0v) is 48.3. The van der Waals surface area contributed by atoms with Crippen LogP contribution in [0.1, 0.15) is 52.8 Å². The predicted molar refractivity (Wildman–Crippen MR) is 272 cm³/mol. The van der Waals surface area contributed by atoms with Gasteiger partial charge in [-0.15, -0.1) is 0 Å². The van der Waals surface area contributed by atoms with Crippen molar-refractivity contribution in [2.45, 2.75) is 27.7 Å². The number of nitrogens with zero attached hydrogens (tertiary/aromatic N) is 6. The molecule has 4 aromatic carbocycles. The van der Waals surface area contributed by atoms with E-state index in [9.17, 15) is 28.8 Å². The van der Waals surface area contributed by atoms with Crippen molar-refractivity contribution in [2.75, 3.05) is 77.6 Å². The summed E-state index contributed by atoms with van der Waals surface area (Å²) in [5, 5.41) is 62.9. The molecule has 0 aliphatic rings. The monoisotopic (exact) mass is 1260 g/mol. The summed E-state index contributed by atoms with van der Waals surface area (Å²) in [7, 11) is -1.22. The Balaban J connectivity index is -0.000000101. The number of nitriles is 2. The zero-order valence-electron chi connectivity index (χ0n) is 42.9. The van der Waals surface area contributed by atoms with Crippen LogP contribution >= 0.6 is 0 Å². The van der Waals surface area contributed by atoms with Crippen LogP contribution in [0, 0.1) is 20.5 Å². The minimum absolute atomic E-state index is 0. The summed E-state index contributed by atoms with van der Waals surface area (Å²) in [4.78, 5) is 20.1. The van der Waals surface area contributed by atoms with Crippen LogP contribution in [0.15, 0.2) is 92.8 Å². The largest absolute Gasteiger partial charge is 2.00 e. The van der Waals surface area contributed by atoms with Crippen LogP contribution in [0.4, 0.5) is 0 Å². The van der Waals surface area contributed by atoms with Crippen LogP contribution in [-0.2, 0) is 66.7 Å². The van der Waals surface area contributed by atoms with Crippen LogP contribution in [0.5, 0.6) is 46.0 Å². The molecule has 0 saturated carbocycles. The summed E-state index contributed by atoms with van der Waals surface area (Å²) < 4.78 is 40.2. The van der Waals surface area contributed by atoms with Gasteiger partial charge in [-0.1, -0.05) is 71.5 Å². The van der Waals surface area contributed by atoms with Crippen LogP contribution in [0.25, 0.3) is 0 Å². The van der Waals surface area contributed by atoms with Gasteiger partial charge in [0.1, 0.15) is 23.0 Å². The molecule has 4 aromatic rings. The molecule has 0 aliphatic carbocycles. The Morgan fingerprint density at radius 2 is 0.639 bits per heavy atom. The number of rotatable bonds is 18. The third kappa shape index (κ3) is 40.7. The molecule has 26 heteroatoms. The number of benzene rings is 4. The first-order chi connectivity index (χ1) is 31.6. The first kappa shape index (κ1) is 84.0. The van der Waals surface area contributed by atoms with E-state index >= 15 is 0 Å². The summed E-state index contributed by atoms with van der Waals surface area (Å²) in [6.45, 7) is 10.7. The average Bonchev–Trinajstić information content (AvgIpc) is 3.26. The van der Waals surface area contributed by atoms with Gasteiger partial charge in [0.05, 0.1) is 52.6 Å². The van der Waals surface area contributed by atoms with E-state index in [0.717, 1.165) is 0 Å². The molecular formula is C46H62Mn2N6O14S2Se2-8. The number of hydrogen-bond donors (Lipinski definition) is 0. The van der Waals surface area contributed by atoms with Gasteiger partial charge in [-0.05, 0) is 74.2 Å². The molecule has 72 heavy (non-hydrogen) atoms. The second-order valence-corrected chi connectivity index (χ2v) is 16.0. The number of hydrogen-bond acceptors (Lipinski definition) is 16. The topological polar surface area (TPSA) is 380 Å². The van der Waals surface area contributed by atoms with Gasteiger partial charge in [-0.2, -0.15) is 0 Å². The minimum Gasteiger partial charge on any atom is -2.00 e. The number of ether oxygens (including phenoxy) is 4. The summed E-state index contributed by atoms with van der Waals surface area (Å²) in [6, 6.07) is 20.4. The molecule has 406 valence electrons. The third-order valence-electron chi connectivity index (χ3n) is 6.87. The molecule has 0 amide bonds. The number of aliphatic imine (C=N–C) groups is 4. The minimum atomic E-state index is -0.611. The van der Waals surface area contributed by atoms with E-state index in [1.54, 1.807) is 108 Å². The van der Waals surface area contributed by atoms with E-state index < -0.39 is 21.6 Å². The molecule has 0 spiro atoms. The first-order valence-corrected chi connectivity index (χ1v) is 25.5. The van der Waals surface area contributed by atoms with Crippen molar-refractivity contribution >= 4 is 78.5 Å². The maximum Gasteiger partial charge on any atom is 1.00 e. The predicted octanol–water partition coefficient (Wildman–Crippen LogP) is 1.93. The van der Waals surface area contributed by atoms with Gasteiger partial charge in [0.25, 0.3) is 0 Å². The molecule has 20 nitrogen and oxygen atoms in total. The van der Waals surface area contributed by atoms with E-state index in [1.807, 2.05) is 27.7 Å². The van der Waals surface area contributed by atoms with Crippen LogP contribution in [0.3, 0.4) is 0 Å². The van der Waals surface area contributed by atoms with Crippen molar-refractivity contribution in [1.82, 2.24) is 0 Å². The SMILES string of the molecule is CCOc1cccc(C=NCCN=Cc2cccc(OCC)c2[O-])c1[O-].CCOc1cccc(C=NCCN=Cc2cccc(OCC)c2[O-])c1[O-].CS(C)=O.CS(C)=O.N#C[Se-].N#C[Se-].O.O.[H+].[H+].[Mn].[Mn].[O-2].[O-2]. The number of para-hydroxylation sites is 4. The molecule has 0 heterocycles. The van der Waals surface area contributed by atoms with Gasteiger partial charge >= 0.3 is 55.3 Å². The Morgan fingerprint density at radius 3 is 0.778 bits per heavy atom. The molecule has 4 rings (SSSR count). The fourth-order valence-electron chi connectivity index (χ4n) is 4.50. The second kappa shape index (κ2) is 55.5. The van der Waals surface area contributed by atoms with Gasteiger partial charge in [-0.3, -0.25) is 28.4 Å². The molecule has 2 radical (unpaired) electrons. The fraction of sp³-hybridized carbons (Fsp3) is 0.348. The van der Waals surface area contributed by atoms with E-state index in [2.05, 4.69) is 52.0 Å². The smallest absolute Gasteiger partial charge is 1.00 e. The first-order valence-electron chi connectivity index (χ1n) is 19.9. The van der Waals surface area contributed by atoms with Crippen LogP contribution in [0.2, 0.25) is 0 Å². The van der Waals surface area contributed by atoms with Crippen LogP contribution < -0.4 is 39.4 Å². The Morgan fingerprint density at radius 1 is 0.486 bits per heavy atom. The molecule has 0 aliphatic heterocycles. The van der Waals surface area contributed by atoms with Gasteiger partial charge in [0.15, 0.2) is 0 Å². The van der Waals surface area contributed by atoms with Gasteiger partial charge in [-0.25, -0.2) is 0 Å². The van der Waals surface area contributed by atoms with E-state index in [4.69, 9.17) is 29.5 Å². The van der Waals surface area contributed by atoms with Crippen molar-refractivity contribution in [1.29, 1.82) is 10.5 Å². The zero-order chi connectivity index (χ0) is 50.1. The quantitative estimate of drug-likeness (QED) is 0.0784. The Kier molecular flexibility index (Phi) is 64.7. The molecule has 0 bridgehead atoms. The van der Waals surface area contributed by atoms with Gasteiger partial charge in [0.2, 0.25) is 0 Å². The maximum atomic E-state index is 12.1. The molecular weight excluding hydrogens is 1190 g/mol. The summed E-state index contributed by atoms with van der Waals surface area (Å²) in [6.07, 6.45) is 12.6. The van der Waals surface area contributed by atoms with Gasteiger partial charge in [0, 0.05) is 106 Å². The molecule has 0 unspecified atom stereocenters. The molecule has 4 N–H and O–H groups in total. The Hall–Kier alpha value is -4.84. The Bertz CT molecular complexity index is 1980. The van der Waals surface area contributed by atoms with Crippen molar-refractivity contribution in [2.24, 2.45) is 20.0 Å². The maximum absolute atomic E-state index is 12.1. The second-order valence-electron chi connectivity index (χ2n) is 12.2. The molecule has 0 fully saturated rings. The summed E-state index contributed by atoms with van der Waals surface area (Å²) in [5.74, 6) is 0.600. The average molecular weight is 1250 g/mol. The standard InChI is InChI=1S/2C20H24N2O4.2C2H6OS.2CHNSe.2Mn.2H2O.2O/c2*1-3-25-17-9-5-7-15(19(17)23)13-21-11-12-22-14-16-8-6-10-18(20(16)24)26-4-2;2*1-4(2)3;2*2-1-3;;;;;;/h2*5-10,13-14,23-24H,3-4,11-12H2,1-2H3;2*1-2H3;2*3H;;;2*1H2;;/q;;;;;;;;;;2*-2/p-4. The normalized spacial score (nSPS) is 9.33. The third-order valence-corrected chi connectivity index (χ3v) is 6.87. The van der Waals surface area contributed by atoms with Gasteiger partial charge < -0.3 is 61.3 Å².